The summed E-state index contributed by atoms with van der Waals surface area (Å²) in [5.74, 6) is -1.38. The van der Waals surface area contributed by atoms with E-state index < -0.39 is 12.0 Å². The van der Waals surface area contributed by atoms with Crippen molar-refractivity contribution in [3.63, 3.8) is 0 Å². The summed E-state index contributed by atoms with van der Waals surface area (Å²) in [6, 6.07) is -0.959. The minimum absolute atomic E-state index is 0. The third kappa shape index (κ3) is 4.99. The monoisotopic (exact) mass is 333 g/mol. The number of carboxylic acids is 1. The third-order valence-electron chi connectivity index (χ3n) is 3.85. The number of rotatable bonds is 6. The normalized spacial score (nSPS) is 24.2. The number of carbonyl (C=O) groups excluding carboxylic acids is 2. The molecule has 1 heterocycles. The van der Waals surface area contributed by atoms with Gasteiger partial charge in [0.2, 0.25) is 11.8 Å². The molecule has 126 valence electrons. The zero-order valence-corrected chi connectivity index (χ0v) is 13.9. The lowest BCUT2D eigenvalue weighted by atomic mass is 9.97. The largest absolute Gasteiger partial charge is 0.480 e. The standard InChI is InChI=1S/C14H23N3O4.ClH/c1-5-11-8-13(14(20)21)17(15-9(2)18)12(11)6-7-16(4)10(3)19;/h5,11-13H,1,6-8H2,2-4H3,(H,15,18)(H,20,21);1H. The molecule has 0 aromatic heterocycles. The van der Waals surface area contributed by atoms with E-state index >= 15 is 0 Å². The van der Waals surface area contributed by atoms with Crippen molar-refractivity contribution >= 4 is 30.2 Å². The first-order valence-corrected chi connectivity index (χ1v) is 6.90. The lowest BCUT2D eigenvalue weighted by molar-refractivity contribution is -0.145. The van der Waals surface area contributed by atoms with Gasteiger partial charge < -0.3 is 10.0 Å². The molecule has 0 spiro atoms. The number of carboxylic acid groups (broad SMARTS) is 1. The average molecular weight is 334 g/mol. The topological polar surface area (TPSA) is 89.9 Å². The Morgan fingerprint density at radius 3 is 2.41 bits per heavy atom. The zero-order chi connectivity index (χ0) is 16.2. The molecule has 0 aliphatic carbocycles. The maximum Gasteiger partial charge on any atom is 0.322 e. The van der Waals surface area contributed by atoms with Crippen LogP contribution in [0.5, 0.6) is 0 Å². The second-order valence-electron chi connectivity index (χ2n) is 5.36. The third-order valence-corrected chi connectivity index (χ3v) is 3.85. The summed E-state index contributed by atoms with van der Waals surface area (Å²) in [5, 5.41) is 10.8. The summed E-state index contributed by atoms with van der Waals surface area (Å²) in [6.07, 6.45) is 2.68. The summed E-state index contributed by atoms with van der Waals surface area (Å²) in [4.78, 5) is 35.5. The molecule has 22 heavy (non-hydrogen) atoms. The van der Waals surface area contributed by atoms with E-state index in [1.54, 1.807) is 18.0 Å². The van der Waals surface area contributed by atoms with Crippen molar-refractivity contribution in [2.24, 2.45) is 5.92 Å². The van der Waals surface area contributed by atoms with Crippen LogP contribution in [0, 0.1) is 5.92 Å². The van der Waals surface area contributed by atoms with Crippen molar-refractivity contribution in [2.45, 2.75) is 38.8 Å². The van der Waals surface area contributed by atoms with Gasteiger partial charge in [-0.15, -0.1) is 19.0 Å². The van der Waals surface area contributed by atoms with Crippen LogP contribution in [0.4, 0.5) is 0 Å². The quantitative estimate of drug-likeness (QED) is 0.697. The molecule has 8 heteroatoms. The highest BCUT2D eigenvalue weighted by Gasteiger charge is 2.43. The van der Waals surface area contributed by atoms with Crippen LogP contribution in [0.25, 0.3) is 0 Å². The maximum absolute atomic E-state index is 11.4. The number of hydrogen-bond donors (Lipinski definition) is 2. The number of hydrogen-bond acceptors (Lipinski definition) is 4. The number of carbonyl (C=O) groups is 3. The van der Waals surface area contributed by atoms with E-state index in [9.17, 15) is 19.5 Å². The number of nitrogens with zero attached hydrogens (tertiary/aromatic N) is 2. The van der Waals surface area contributed by atoms with Gasteiger partial charge in [0.05, 0.1) is 0 Å². The van der Waals surface area contributed by atoms with Gasteiger partial charge in [-0.3, -0.25) is 19.8 Å². The first-order valence-electron chi connectivity index (χ1n) is 6.90. The van der Waals surface area contributed by atoms with Gasteiger partial charge in [-0.2, -0.15) is 0 Å². The van der Waals surface area contributed by atoms with Gasteiger partial charge >= 0.3 is 5.97 Å². The van der Waals surface area contributed by atoms with Gasteiger partial charge in [0.25, 0.3) is 0 Å². The van der Waals surface area contributed by atoms with Crippen LogP contribution in [0.15, 0.2) is 12.7 Å². The van der Waals surface area contributed by atoms with Gasteiger partial charge in [-0.1, -0.05) is 6.08 Å². The molecule has 0 radical (unpaired) electrons. The van der Waals surface area contributed by atoms with Gasteiger partial charge in [0.1, 0.15) is 6.04 Å². The van der Waals surface area contributed by atoms with Gasteiger partial charge in [0, 0.05) is 33.5 Å². The second kappa shape index (κ2) is 8.75. The Balaban J connectivity index is 0.00000441. The van der Waals surface area contributed by atoms with Gasteiger partial charge in [-0.05, 0) is 18.8 Å². The van der Waals surface area contributed by atoms with E-state index in [1.807, 2.05) is 0 Å². The fraction of sp³-hybridized carbons (Fsp3) is 0.643. The summed E-state index contributed by atoms with van der Waals surface area (Å²) < 4.78 is 0. The Morgan fingerprint density at radius 1 is 1.41 bits per heavy atom. The molecule has 1 fully saturated rings. The second-order valence-corrected chi connectivity index (χ2v) is 5.36. The maximum atomic E-state index is 11.4. The molecular formula is C14H24ClN3O4. The number of nitrogens with one attached hydrogen (secondary N) is 1. The van der Waals surface area contributed by atoms with Crippen molar-refractivity contribution in [1.29, 1.82) is 0 Å². The van der Waals surface area contributed by atoms with Crippen LogP contribution in [0.2, 0.25) is 0 Å². The first kappa shape index (κ1) is 20.4. The predicted molar refractivity (Wildman–Crippen MR) is 84.3 cm³/mol. The molecule has 1 aliphatic rings. The highest BCUT2D eigenvalue weighted by atomic mass is 35.5. The van der Waals surface area contributed by atoms with Crippen molar-refractivity contribution in [1.82, 2.24) is 15.3 Å². The van der Waals surface area contributed by atoms with E-state index in [1.165, 1.54) is 18.9 Å². The summed E-state index contributed by atoms with van der Waals surface area (Å²) >= 11 is 0. The van der Waals surface area contributed by atoms with Crippen molar-refractivity contribution in [3.05, 3.63) is 12.7 Å². The highest BCUT2D eigenvalue weighted by Crippen LogP contribution is 2.31. The van der Waals surface area contributed by atoms with Crippen LogP contribution >= 0.6 is 12.4 Å². The fourth-order valence-electron chi connectivity index (χ4n) is 2.62. The van der Waals surface area contributed by atoms with Crippen LogP contribution in [0.3, 0.4) is 0 Å². The Bertz CT molecular complexity index is 444. The number of amides is 2. The lowest BCUT2D eigenvalue weighted by Crippen LogP contribution is -2.52. The Morgan fingerprint density at radius 2 is 2.00 bits per heavy atom. The average Bonchev–Trinajstić information content (AvgIpc) is 2.73. The van der Waals surface area contributed by atoms with Crippen molar-refractivity contribution < 1.29 is 19.5 Å². The molecule has 1 rings (SSSR count). The van der Waals surface area contributed by atoms with E-state index in [4.69, 9.17) is 0 Å². The van der Waals surface area contributed by atoms with E-state index in [0.717, 1.165) is 0 Å². The molecular weight excluding hydrogens is 310 g/mol. The molecule has 1 saturated heterocycles. The highest BCUT2D eigenvalue weighted by molar-refractivity contribution is 5.85. The summed E-state index contributed by atoms with van der Waals surface area (Å²) in [7, 11) is 1.69. The number of halogens is 1. The molecule has 0 aromatic carbocycles. The molecule has 1 aliphatic heterocycles. The van der Waals surface area contributed by atoms with Crippen molar-refractivity contribution in [3.8, 4) is 0 Å². The number of hydrazine groups is 1. The minimum atomic E-state index is -0.974. The fourth-order valence-corrected chi connectivity index (χ4v) is 2.62. The smallest absolute Gasteiger partial charge is 0.322 e. The van der Waals surface area contributed by atoms with E-state index in [0.29, 0.717) is 19.4 Å². The van der Waals surface area contributed by atoms with Crippen LogP contribution in [-0.4, -0.2) is 58.5 Å². The first-order chi connectivity index (χ1) is 9.77. The minimum Gasteiger partial charge on any atom is -0.480 e. The van der Waals surface area contributed by atoms with Gasteiger partial charge in [0.15, 0.2) is 0 Å². The van der Waals surface area contributed by atoms with Crippen molar-refractivity contribution in [2.75, 3.05) is 13.6 Å². The number of aliphatic carboxylic acids is 1. The molecule has 0 saturated carbocycles. The molecule has 0 aromatic rings. The Kier molecular flexibility index (Phi) is 8.11. The SMILES string of the molecule is C=CC1CC(C(=O)O)N(NC(C)=O)C1CCN(C)C(C)=O.Cl. The molecule has 3 atom stereocenters. The van der Waals surface area contributed by atoms with E-state index in [2.05, 4.69) is 12.0 Å². The lowest BCUT2D eigenvalue weighted by Gasteiger charge is -2.30. The molecule has 7 nitrogen and oxygen atoms in total. The van der Waals surface area contributed by atoms with Gasteiger partial charge in [-0.25, -0.2) is 5.01 Å². The zero-order valence-electron chi connectivity index (χ0n) is 13.1. The summed E-state index contributed by atoms with van der Waals surface area (Å²) in [5.41, 5.74) is 2.60. The Labute approximate surface area is 136 Å². The van der Waals surface area contributed by atoms with Crippen LogP contribution in [0.1, 0.15) is 26.7 Å². The predicted octanol–water partition coefficient (Wildman–Crippen LogP) is 0.657. The molecule has 3 unspecified atom stereocenters. The van der Waals surface area contributed by atoms with Crippen LogP contribution < -0.4 is 5.43 Å². The Hall–Kier alpha value is -1.60. The molecule has 2 amide bonds. The van der Waals surface area contributed by atoms with Crippen LogP contribution in [-0.2, 0) is 14.4 Å². The van der Waals surface area contributed by atoms with E-state index in [-0.39, 0.29) is 36.2 Å². The molecule has 0 bridgehead atoms. The molecule has 2 N–H and O–H groups in total. The summed E-state index contributed by atoms with van der Waals surface area (Å²) in [6.45, 7) is 7.07.